The Morgan fingerprint density at radius 3 is 2.86 bits per heavy atom. The van der Waals surface area contributed by atoms with Crippen LogP contribution < -0.4 is 15.4 Å². The highest BCUT2D eigenvalue weighted by molar-refractivity contribution is 6.04. The zero-order chi connectivity index (χ0) is 20.3. The topological polar surface area (TPSA) is 94.1 Å². The third-order valence-corrected chi connectivity index (χ3v) is 4.64. The van der Waals surface area contributed by atoms with Crippen molar-refractivity contribution in [1.82, 2.24) is 10.1 Å². The number of morpholine rings is 1. The second kappa shape index (κ2) is 9.91. The van der Waals surface area contributed by atoms with Crippen LogP contribution in [0.3, 0.4) is 0 Å². The van der Waals surface area contributed by atoms with E-state index in [0.29, 0.717) is 49.6 Å². The summed E-state index contributed by atoms with van der Waals surface area (Å²) in [6.07, 6.45) is 0.579. The van der Waals surface area contributed by atoms with Crippen LogP contribution in [0.25, 0.3) is 11.3 Å². The standard InChI is InChI=1S/C19H25FN4O4.ClH/c1-23(2)18-16(19(25)24-8-9-27-13(11-24)6-7-21)17(28-22-18)12-4-5-14(20)15(10-12)26-3;/h4-5,10,13H,6-9,11,21H2,1-3H3;1H. The monoisotopic (exact) mass is 428 g/mol. The van der Waals surface area contributed by atoms with Crippen LogP contribution in [-0.2, 0) is 4.74 Å². The molecule has 1 aromatic carbocycles. The summed E-state index contributed by atoms with van der Waals surface area (Å²) in [5.74, 6) is 0.0324. The Labute approximate surface area is 175 Å². The number of anilines is 1. The first-order valence-electron chi connectivity index (χ1n) is 9.08. The van der Waals surface area contributed by atoms with Gasteiger partial charge in [0.1, 0.15) is 5.56 Å². The number of amides is 1. The molecule has 0 radical (unpaired) electrons. The fourth-order valence-corrected chi connectivity index (χ4v) is 3.20. The summed E-state index contributed by atoms with van der Waals surface area (Å²) in [5, 5.41) is 4.06. The SMILES string of the molecule is COc1cc(-c2onc(N(C)C)c2C(=O)N2CCOC(CCN)C2)ccc1F.Cl. The van der Waals surface area contributed by atoms with E-state index in [1.807, 2.05) is 0 Å². The van der Waals surface area contributed by atoms with Crippen LogP contribution in [0.15, 0.2) is 22.7 Å². The van der Waals surface area contributed by atoms with Gasteiger partial charge >= 0.3 is 0 Å². The molecule has 2 aromatic rings. The maximum absolute atomic E-state index is 13.8. The van der Waals surface area contributed by atoms with E-state index >= 15 is 0 Å². The molecule has 8 nitrogen and oxygen atoms in total. The quantitative estimate of drug-likeness (QED) is 0.753. The molecule has 2 heterocycles. The normalized spacial score (nSPS) is 16.3. The molecular weight excluding hydrogens is 403 g/mol. The minimum atomic E-state index is -0.496. The Kier molecular flexibility index (Phi) is 7.83. The van der Waals surface area contributed by atoms with Crippen LogP contribution in [0.2, 0.25) is 0 Å². The van der Waals surface area contributed by atoms with E-state index in [-0.39, 0.29) is 35.9 Å². The van der Waals surface area contributed by atoms with Gasteiger partial charge in [-0.05, 0) is 31.2 Å². The van der Waals surface area contributed by atoms with Crippen LogP contribution >= 0.6 is 12.4 Å². The number of rotatable bonds is 6. The van der Waals surface area contributed by atoms with Crippen molar-refractivity contribution in [2.75, 3.05) is 52.3 Å². The molecule has 1 aliphatic heterocycles. The molecule has 1 amide bonds. The third-order valence-electron chi connectivity index (χ3n) is 4.64. The van der Waals surface area contributed by atoms with Crippen molar-refractivity contribution in [2.45, 2.75) is 12.5 Å². The summed E-state index contributed by atoms with van der Waals surface area (Å²) in [6.45, 7) is 1.84. The number of carbonyl (C=O) groups is 1. The number of hydrogen-bond acceptors (Lipinski definition) is 7. The maximum Gasteiger partial charge on any atom is 0.261 e. The molecule has 0 saturated carbocycles. The lowest BCUT2D eigenvalue weighted by atomic mass is 10.1. The summed E-state index contributed by atoms with van der Waals surface area (Å²) in [5.41, 5.74) is 6.46. The molecule has 1 saturated heterocycles. The smallest absolute Gasteiger partial charge is 0.261 e. The fourth-order valence-electron chi connectivity index (χ4n) is 3.20. The number of benzene rings is 1. The summed E-state index contributed by atoms with van der Waals surface area (Å²) in [6, 6.07) is 4.29. The summed E-state index contributed by atoms with van der Waals surface area (Å²) < 4.78 is 30.0. The fraction of sp³-hybridized carbons (Fsp3) is 0.474. The van der Waals surface area contributed by atoms with E-state index in [4.69, 9.17) is 19.7 Å². The van der Waals surface area contributed by atoms with Crippen LogP contribution in [0, 0.1) is 5.82 Å². The van der Waals surface area contributed by atoms with Gasteiger partial charge in [-0.1, -0.05) is 5.16 Å². The Hall–Kier alpha value is -2.36. The molecule has 1 aliphatic rings. The van der Waals surface area contributed by atoms with Crippen molar-refractivity contribution in [2.24, 2.45) is 5.73 Å². The molecule has 160 valence electrons. The van der Waals surface area contributed by atoms with E-state index in [2.05, 4.69) is 5.16 Å². The van der Waals surface area contributed by atoms with Crippen LogP contribution in [-0.4, -0.2) is 69.5 Å². The van der Waals surface area contributed by atoms with Gasteiger partial charge in [0.15, 0.2) is 23.1 Å². The highest BCUT2D eigenvalue weighted by Crippen LogP contribution is 2.34. The van der Waals surface area contributed by atoms with E-state index in [1.54, 1.807) is 23.9 Å². The Morgan fingerprint density at radius 1 is 1.45 bits per heavy atom. The molecule has 1 aromatic heterocycles. The average Bonchev–Trinajstić information content (AvgIpc) is 3.13. The minimum absolute atomic E-state index is 0. The maximum atomic E-state index is 13.8. The van der Waals surface area contributed by atoms with Crippen LogP contribution in [0.4, 0.5) is 10.2 Å². The second-order valence-corrected chi connectivity index (χ2v) is 6.78. The van der Waals surface area contributed by atoms with Crippen molar-refractivity contribution in [3.05, 3.63) is 29.6 Å². The molecule has 10 heteroatoms. The van der Waals surface area contributed by atoms with E-state index in [9.17, 15) is 9.18 Å². The number of carbonyl (C=O) groups excluding carboxylic acids is 1. The molecule has 0 aliphatic carbocycles. The van der Waals surface area contributed by atoms with Gasteiger partial charge in [-0.2, -0.15) is 0 Å². The largest absolute Gasteiger partial charge is 0.494 e. The number of halogens is 2. The zero-order valence-electron chi connectivity index (χ0n) is 16.7. The Bertz CT molecular complexity index is 844. The first-order valence-corrected chi connectivity index (χ1v) is 9.08. The molecule has 29 heavy (non-hydrogen) atoms. The van der Waals surface area contributed by atoms with Gasteiger partial charge in [-0.3, -0.25) is 4.79 Å². The second-order valence-electron chi connectivity index (χ2n) is 6.78. The predicted molar refractivity (Wildman–Crippen MR) is 109 cm³/mol. The lowest BCUT2D eigenvalue weighted by molar-refractivity contribution is -0.0236. The third kappa shape index (κ3) is 4.80. The summed E-state index contributed by atoms with van der Waals surface area (Å²) in [4.78, 5) is 16.8. The number of nitrogens with two attached hydrogens (primary N) is 1. The molecule has 1 atom stereocenters. The average molecular weight is 429 g/mol. The molecule has 2 N–H and O–H groups in total. The minimum Gasteiger partial charge on any atom is -0.494 e. The molecular formula is C19H26ClFN4O4. The Morgan fingerprint density at radius 2 is 2.21 bits per heavy atom. The molecule has 1 unspecified atom stereocenters. The predicted octanol–water partition coefficient (Wildman–Crippen LogP) is 2.17. The van der Waals surface area contributed by atoms with Crippen LogP contribution in [0.5, 0.6) is 5.75 Å². The number of hydrogen-bond donors (Lipinski definition) is 1. The summed E-state index contributed by atoms with van der Waals surface area (Å²) >= 11 is 0. The van der Waals surface area contributed by atoms with E-state index in [0.717, 1.165) is 0 Å². The Balaban J connectivity index is 0.00000300. The number of methoxy groups -OCH3 is 1. The van der Waals surface area contributed by atoms with E-state index < -0.39 is 5.82 Å². The van der Waals surface area contributed by atoms with Gasteiger partial charge in [0, 0.05) is 32.7 Å². The lowest BCUT2D eigenvalue weighted by Crippen LogP contribution is -2.46. The van der Waals surface area contributed by atoms with Gasteiger partial charge in [0.2, 0.25) is 0 Å². The molecule has 0 spiro atoms. The van der Waals surface area contributed by atoms with Crippen molar-refractivity contribution in [3.63, 3.8) is 0 Å². The lowest BCUT2D eigenvalue weighted by Gasteiger charge is -2.33. The van der Waals surface area contributed by atoms with Crippen molar-refractivity contribution >= 4 is 24.1 Å². The highest BCUT2D eigenvalue weighted by atomic mass is 35.5. The van der Waals surface area contributed by atoms with Gasteiger partial charge < -0.3 is 29.5 Å². The number of aromatic nitrogens is 1. The summed E-state index contributed by atoms with van der Waals surface area (Å²) in [7, 11) is 4.94. The molecule has 3 rings (SSSR count). The van der Waals surface area contributed by atoms with E-state index in [1.165, 1.54) is 25.3 Å². The van der Waals surface area contributed by atoms with Gasteiger partial charge in [0.25, 0.3) is 5.91 Å². The van der Waals surface area contributed by atoms with Gasteiger partial charge in [-0.15, -0.1) is 12.4 Å². The van der Waals surface area contributed by atoms with Crippen molar-refractivity contribution < 1.29 is 23.2 Å². The zero-order valence-corrected chi connectivity index (χ0v) is 17.5. The first kappa shape index (κ1) is 22.9. The van der Waals surface area contributed by atoms with Crippen LogP contribution in [0.1, 0.15) is 16.8 Å². The van der Waals surface area contributed by atoms with Gasteiger partial charge in [0.05, 0.1) is 19.8 Å². The number of ether oxygens (including phenoxy) is 2. The van der Waals surface area contributed by atoms with Gasteiger partial charge in [-0.25, -0.2) is 4.39 Å². The van der Waals surface area contributed by atoms with Crippen molar-refractivity contribution in [3.8, 4) is 17.1 Å². The first-order chi connectivity index (χ1) is 13.5. The highest BCUT2D eigenvalue weighted by Gasteiger charge is 2.32. The molecule has 1 fully saturated rings. The number of nitrogens with zero attached hydrogens (tertiary/aromatic N) is 3. The molecule has 0 bridgehead atoms. The van der Waals surface area contributed by atoms with Crippen molar-refractivity contribution in [1.29, 1.82) is 0 Å².